The fraction of sp³-hybridized carbons (Fsp3) is 0.458. The molecular weight excluding hydrogens is 398 g/mol. The molecule has 1 aliphatic carbocycles. The molecule has 1 spiro atoms. The summed E-state index contributed by atoms with van der Waals surface area (Å²) in [6, 6.07) is 21.6. The molecule has 3 nitrogen and oxygen atoms in total. The van der Waals surface area contributed by atoms with E-state index < -0.39 is 8.32 Å². The average Bonchev–Trinajstić information content (AvgIpc) is 2.66. The second-order valence-electron chi connectivity index (χ2n) is 9.63. The van der Waals surface area contributed by atoms with E-state index in [-0.39, 0.29) is 29.0 Å². The van der Waals surface area contributed by atoms with Crippen molar-refractivity contribution in [1.82, 2.24) is 5.32 Å². The molecular formula is C24H32ClNO2Si. The number of hydrogen-bond donors (Lipinski definition) is 1. The fourth-order valence-corrected chi connectivity index (χ4v) is 9.89. The molecule has 2 aromatic carbocycles. The van der Waals surface area contributed by atoms with E-state index in [4.69, 9.17) is 4.43 Å². The van der Waals surface area contributed by atoms with Crippen LogP contribution in [0.15, 0.2) is 60.7 Å². The summed E-state index contributed by atoms with van der Waals surface area (Å²) in [6.07, 6.45) is 2.53. The normalized spacial score (nSPS) is 21.3. The van der Waals surface area contributed by atoms with Crippen LogP contribution in [0.25, 0.3) is 0 Å². The zero-order chi connectivity index (χ0) is 19.8. The maximum atomic E-state index is 11.7. The molecule has 1 saturated heterocycles. The Balaban J connectivity index is 0.00000240. The molecule has 2 fully saturated rings. The second-order valence-corrected chi connectivity index (χ2v) is 13.9. The van der Waals surface area contributed by atoms with Crippen LogP contribution in [0.4, 0.5) is 0 Å². The summed E-state index contributed by atoms with van der Waals surface area (Å²) in [7, 11) is -2.53. The number of carbonyl (C=O) groups excluding carboxylic acids is 1. The smallest absolute Gasteiger partial charge is 0.261 e. The Bertz CT molecular complexity index is 787. The Morgan fingerprint density at radius 2 is 1.48 bits per heavy atom. The third-order valence-corrected chi connectivity index (χ3v) is 11.5. The van der Waals surface area contributed by atoms with E-state index in [1.807, 2.05) is 0 Å². The molecule has 4 rings (SSSR count). The molecule has 0 amide bonds. The van der Waals surface area contributed by atoms with E-state index in [2.05, 4.69) is 86.8 Å². The molecule has 1 atom stereocenters. The van der Waals surface area contributed by atoms with Crippen molar-refractivity contribution in [3.8, 4) is 0 Å². The van der Waals surface area contributed by atoms with Gasteiger partial charge in [0.2, 0.25) is 0 Å². The highest BCUT2D eigenvalue weighted by Crippen LogP contribution is 2.45. The van der Waals surface area contributed by atoms with Gasteiger partial charge in [0.15, 0.2) is 0 Å². The summed E-state index contributed by atoms with van der Waals surface area (Å²) < 4.78 is 7.25. The van der Waals surface area contributed by atoms with Gasteiger partial charge in [0, 0.05) is 25.9 Å². The Kier molecular flexibility index (Phi) is 6.40. The molecule has 156 valence electrons. The maximum Gasteiger partial charge on any atom is 0.261 e. The van der Waals surface area contributed by atoms with Crippen LogP contribution in [0.1, 0.15) is 40.0 Å². The molecule has 1 aliphatic heterocycles. The van der Waals surface area contributed by atoms with Crippen molar-refractivity contribution in [3.05, 3.63) is 60.7 Å². The summed E-state index contributed by atoms with van der Waals surface area (Å²) in [4.78, 5) is 11.7. The van der Waals surface area contributed by atoms with Gasteiger partial charge in [0.05, 0.1) is 6.10 Å². The Morgan fingerprint density at radius 1 is 0.966 bits per heavy atom. The third-order valence-electron chi connectivity index (χ3n) is 6.44. The number of ketones is 1. The van der Waals surface area contributed by atoms with Crippen LogP contribution in [0, 0.1) is 5.41 Å². The predicted octanol–water partition coefficient (Wildman–Crippen LogP) is 3.70. The minimum atomic E-state index is -2.53. The van der Waals surface area contributed by atoms with Crippen molar-refractivity contribution < 1.29 is 9.22 Å². The molecule has 5 heteroatoms. The number of hydrogen-bond acceptors (Lipinski definition) is 3. The summed E-state index contributed by atoms with van der Waals surface area (Å²) in [5.74, 6) is 0.396. The van der Waals surface area contributed by atoms with Gasteiger partial charge in [0.1, 0.15) is 5.78 Å². The number of nitrogens with one attached hydrogen (secondary N) is 1. The van der Waals surface area contributed by atoms with Crippen LogP contribution in [0.3, 0.4) is 0 Å². The Labute approximate surface area is 181 Å². The number of rotatable bonds is 4. The molecule has 0 aromatic heterocycles. The molecule has 1 saturated carbocycles. The number of piperidine rings is 1. The zero-order valence-electron chi connectivity index (χ0n) is 17.6. The van der Waals surface area contributed by atoms with Gasteiger partial charge in [-0.3, -0.25) is 4.79 Å². The monoisotopic (exact) mass is 429 g/mol. The van der Waals surface area contributed by atoms with Crippen LogP contribution in [0.5, 0.6) is 0 Å². The first-order valence-corrected chi connectivity index (χ1v) is 12.3. The van der Waals surface area contributed by atoms with E-state index in [1.165, 1.54) is 10.4 Å². The van der Waals surface area contributed by atoms with Crippen molar-refractivity contribution in [3.63, 3.8) is 0 Å². The van der Waals surface area contributed by atoms with E-state index in [9.17, 15) is 4.79 Å². The quantitative estimate of drug-likeness (QED) is 0.753. The second kappa shape index (κ2) is 8.35. The highest BCUT2D eigenvalue weighted by atomic mass is 35.5. The molecule has 1 unspecified atom stereocenters. The molecule has 1 N–H and O–H groups in total. The van der Waals surface area contributed by atoms with E-state index in [1.54, 1.807) is 0 Å². The summed E-state index contributed by atoms with van der Waals surface area (Å²) in [5, 5.41) is 6.19. The summed E-state index contributed by atoms with van der Waals surface area (Å²) in [6.45, 7) is 8.76. The maximum absolute atomic E-state index is 11.7. The number of Topliss-reactive ketones (excluding diaryl/α,β-unsaturated/α-hetero) is 1. The van der Waals surface area contributed by atoms with Crippen LogP contribution in [0.2, 0.25) is 5.04 Å². The molecule has 29 heavy (non-hydrogen) atoms. The highest BCUT2D eigenvalue weighted by Gasteiger charge is 2.54. The standard InChI is InChI=1S/C24H31NO2Si.ClH/c1-23(2,3)28(21-10-6-4-7-11-21,22-12-8-5-9-13-22)27-20-16-24(18-25-17-20)14-19(26)15-24;/h4-13,20,25H,14-18H2,1-3H3;1H. The van der Waals surface area contributed by atoms with Crippen molar-refractivity contribution in [2.75, 3.05) is 13.1 Å². The van der Waals surface area contributed by atoms with Gasteiger partial charge in [-0.1, -0.05) is 81.4 Å². The number of carbonyl (C=O) groups is 1. The zero-order valence-corrected chi connectivity index (χ0v) is 19.4. The molecule has 0 radical (unpaired) electrons. The lowest BCUT2D eigenvalue weighted by Gasteiger charge is -2.51. The Hall–Kier alpha value is -1.46. The predicted molar refractivity (Wildman–Crippen MR) is 124 cm³/mol. The van der Waals surface area contributed by atoms with Gasteiger partial charge in [-0.25, -0.2) is 0 Å². The minimum absolute atomic E-state index is 0. The lowest BCUT2D eigenvalue weighted by atomic mass is 9.63. The van der Waals surface area contributed by atoms with Gasteiger partial charge in [-0.2, -0.15) is 0 Å². The topological polar surface area (TPSA) is 38.3 Å². The van der Waals surface area contributed by atoms with Crippen LogP contribution < -0.4 is 15.7 Å². The third kappa shape index (κ3) is 4.09. The lowest BCUT2D eigenvalue weighted by molar-refractivity contribution is -0.135. The Morgan fingerprint density at radius 3 is 1.93 bits per heavy atom. The van der Waals surface area contributed by atoms with Gasteiger partial charge in [0.25, 0.3) is 8.32 Å². The van der Waals surface area contributed by atoms with Gasteiger partial charge < -0.3 is 9.74 Å². The molecule has 2 aromatic rings. The summed E-state index contributed by atoms with van der Waals surface area (Å²) >= 11 is 0. The first kappa shape index (κ1) is 22.2. The van der Waals surface area contributed by atoms with Crippen LogP contribution in [-0.4, -0.2) is 33.3 Å². The van der Waals surface area contributed by atoms with E-state index in [0.717, 1.165) is 19.5 Å². The van der Waals surface area contributed by atoms with Crippen molar-refractivity contribution >= 4 is 36.9 Å². The van der Waals surface area contributed by atoms with Gasteiger partial charge >= 0.3 is 0 Å². The first-order valence-electron chi connectivity index (χ1n) is 10.4. The summed E-state index contributed by atoms with van der Waals surface area (Å²) in [5.41, 5.74) is 0.116. The van der Waals surface area contributed by atoms with Gasteiger partial charge in [-0.05, 0) is 27.2 Å². The first-order chi connectivity index (χ1) is 13.3. The van der Waals surface area contributed by atoms with Gasteiger partial charge in [-0.15, -0.1) is 12.4 Å². The van der Waals surface area contributed by atoms with Crippen molar-refractivity contribution in [1.29, 1.82) is 0 Å². The molecule has 1 heterocycles. The number of halogens is 1. The highest BCUT2D eigenvalue weighted by molar-refractivity contribution is 6.99. The average molecular weight is 430 g/mol. The van der Waals surface area contributed by atoms with Crippen molar-refractivity contribution in [2.24, 2.45) is 5.41 Å². The molecule has 0 bridgehead atoms. The lowest BCUT2D eigenvalue weighted by Crippen LogP contribution is -2.69. The van der Waals surface area contributed by atoms with Crippen LogP contribution >= 0.6 is 12.4 Å². The SMILES string of the molecule is CC(C)(C)[Si](OC1CNCC2(CC(=O)C2)C1)(c1ccccc1)c1ccccc1.Cl. The minimum Gasteiger partial charge on any atom is -0.403 e. The fourth-order valence-electron chi connectivity index (χ4n) is 5.20. The van der Waals surface area contributed by atoms with E-state index >= 15 is 0 Å². The molecule has 2 aliphatic rings. The van der Waals surface area contributed by atoms with Crippen molar-refractivity contribution in [2.45, 2.75) is 51.2 Å². The van der Waals surface area contributed by atoms with E-state index in [0.29, 0.717) is 18.6 Å². The largest absolute Gasteiger partial charge is 0.403 e. The van der Waals surface area contributed by atoms with Crippen LogP contribution in [-0.2, 0) is 9.22 Å². The number of benzene rings is 2.